The quantitative estimate of drug-likeness (QED) is 0.259. The first kappa shape index (κ1) is 20.0. The highest BCUT2D eigenvalue weighted by molar-refractivity contribution is 5.95. The van der Waals surface area contributed by atoms with Gasteiger partial charge < -0.3 is 15.8 Å². The Labute approximate surface area is 180 Å². The van der Waals surface area contributed by atoms with Crippen LogP contribution < -0.4 is 15.8 Å². The zero-order valence-corrected chi connectivity index (χ0v) is 17.3. The van der Waals surface area contributed by atoms with Crippen LogP contribution in [0.2, 0.25) is 0 Å². The van der Waals surface area contributed by atoms with Crippen molar-refractivity contribution >= 4 is 34.5 Å². The van der Waals surface area contributed by atoms with E-state index in [0.29, 0.717) is 11.7 Å². The average molecular weight is 410 g/mol. The molecule has 154 valence electrons. The molecule has 1 heterocycles. The summed E-state index contributed by atoms with van der Waals surface area (Å²) >= 11 is 0. The van der Waals surface area contributed by atoms with Crippen molar-refractivity contribution in [1.29, 1.82) is 0 Å². The van der Waals surface area contributed by atoms with Crippen molar-refractivity contribution < 1.29 is 4.74 Å². The minimum atomic E-state index is 0.401. The Morgan fingerprint density at radius 1 is 1.03 bits per heavy atom. The standard InChI is InChI=1S/C24H22N6O/c1-16-12-19(9-11-23(16)31-20-6-4-3-5-7-20)29-24-21-13-18(14-28-30-17(2)25)8-10-22(21)26-15-27-24/h3-15H,1-2H3,(H2,25,30)(H,26,27,29)/b28-14+. The summed E-state index contributed by atoms with van der Waals surface area (Å²) in [7, 11) is 0. The molecule has 0 aliphatic heterocycles. The van der Waals surface area contributed by atoms with E-state index in [-0.39, 0.29) is 0 Å². The largest absolute Gasteiger partial charge is 0.457 e. The van der Waals surface area contributed by atoms with Gasteiger partial charge in [0, 0.05) is 11.1 Å². The summed E-state index contributed by atoms with van der Waals surface area (Å²) < 4.78 is 5.97. The molecule has 0 unspecified atom stereocenters. The van der Waals surface area contributed by atoms with E-state index in [1.165, 1.54) is 0 Å². The zero-order valence-electron chi connectivity index (χ0n) is 17.3. The number of fused-ring (bicyclic) bond motifs is 1. The van der Waals surface area contributed by atoms with E-state index in [9.17, 15) is 0 Å². The fourth-order valence-corrected chi connectivity index (χ4v) is 3.03. The summed E-state index contributed by atoms with van der Waals surface area (Å²) in [5, 5.41) is 12.1. The van der Waals surface area contributed by atoms with Crippen LogP contribution in [0, 0.1) is 6.92 Å². The number of ether oxygens (including phenoxy) is 1. The normalized spacial score (nSPS) is 11.7. The molecule has 0 aliphatic carbocycles. The van der Waals surface area contributed by atoms with Crippen molar-refractivity contribution in [3.8, 4) is 11.5 Å². The molecule has 3 N–H and O–H groups in total. The van der Waals surface area contributed by atoms with E-state index in [4.69, 9.17) is 10.5 Å². The van der Waals surface area contributed by atoms with Crippen LogP contribution >= 0.6 is 0 Å². The smallest absolute Gasteiger partial charge is 0.141 e. The topological polar surface area (TPSA) is 97.8 Å². The predicted octanol–water partition coefficient (Wildman–Crippen LogP) is 5.19. The lowest BCUT2D eigenvalue weighted by Gasteiger charge is -2.12. The molecule has 0 saturated heterocycles. The lowest BCUT2D eigenvalue weighted by molar-refractivity contribution is 0.479. The first-order valence-corrected chi connectivity index (χ1v) is 9.77. The number of aryl methyl sites for hydroxylation is 1. The van der Waals surface area contributed by atoms with Gasteiger partial charge in [-0.25, -0.2) is 9.97 Å². The van der Waals surface area contributed by atoms with E-state index in [1.807, 2.05) is 73.7 Å². The summed E-state index contributed by atoms with van der Waals surface area (Å²) in [4.78, 5) is 8.77. The van der Waals surface area contributed by atoms with E-state index in [2.05, 4.69) is 25.5 Å². The number of rotatable bonds is 6. The first-order valence-electron chi connectivity index (χ1n) is 9.77. The zero-order chi connectivity index (χ0) is 21.6. The fraction of sp³-hybridized carbons (Fsp3) is 0.0833. The number of benzene rings is 3. The maximum atomic E-state index is 5.97. The van der Waals surface area contributed by atoms with Gasteiger partial charge in [-0.15, -0.1) is 5.10 Å². The second-order valence-corrected chi connectivity index (χ2v) is 7.01. The van der Waals surface area contributed by atoms with Gasteiger partial charge in [0.1, 0.15) is 29.5 Å². The highest BCUT2D eigenvalue weighted by atomic mass is 16.5. The van der Waals surface area contributed by atoms with Gasteiger partial charge in [-0.3, -0.25) is 0 Å². The predicted molar refractivity (Wildman–Crippen MR) is 125 cm³/mol. The number of hydrogen-bond donors (Lipinski definition) is 2. The number of nitrogens with zero attached hydrogens (tertiary/aromatic N) is 4. The summed E-state index contributed by atoms with van der Waals surface area (Å²) in [5.41, 5.74) is 9.13. The van der Waals surface area contributed by atoms with Crippen molar-refractivity contribution in [2.24, 2.45) is 15.9 Å². The molecule has 4 aromatic rings. The monoisotopic (exact) mass is 410 g/mol. The Bertz CT molecular complexity index is 1260. The second kappa shape index (κ2) is 9.04. The maximum absolute atomic E-state index is 5.97. The Morgan fingerprint density at radius 2 is 1.87 bits per heavy atom. The van der Waals surface area contributed by atoms with Gasteiger partial charge in [0.25, 0.3) is 0 Å². The van der Waals surface area contributed by atoms with Gasteiger partial charge in [0.2, 0.25) is 0 Å². The highest BCUT2D eigenvalue weighted by Crippen LogP contribution is 2.29. The van der Waals surface area contributed by atoms with Crippen LogP contribution in [0.5, 0.6) is 11.5 Å². The van der Waals surface area contributed by atoms with E-state index < -0.39 is 0 Å². The van der Waals surface area contributed by atoms with Crippen LogP contribution in [-0.4, -0.2) is 22.0 Å². The number of nitrogens with two attached hydrogens (primary N) is 1. The van der Waals surface area contributed by atoms with Crippen molar-refractivity contribution in [2.45, 2.75) is 13.8 Å². The molecule has 31 heavy (non-hydrogen) atoms. The van der Waals surface area contributed by atoms with Gasteiger partial charge in [-0.05, 0) is 67.4 Å². The molecule has 7 nitrogen and oxygen atoms in total. The number of para-hydroxylation sites is 1. The Kier molecular flexibility index (Phi) is 5.84. The van der Waals surface area contributed by atoms with Crippen LogP contribution in [0.4, 0.5) is 11.5 Å². The Balaban J connectivity index is 1.59. The molecule has 0 fully saturated rings. The lowest BCUT2D eigenvalue weighted by Crippen LogP contribution is -2.03. The van der Waals surface area contributed by atoms with E-state index in [0.717, 1.165) is 39.2 Å². The average Bonchev–Trinajstić information content (AvgIpc) is 2.76. The van der Waals surface area contributed by atoms with Crippen LogP contribution in [0.15, 0.2) is 83.3 Å². The van der Waals surface area contributed by atoms with Crippen LogP contribution in [0.1, 0.15) is 18.1 Å². The van der Waals surface area contributed by atoms with Gasteiger partial charge in [0.15, 0.2) is 0 Å². The summed E-state index contributed by atoms with van der Waals surface area (Å²) in [6, 6.07) is 21.4. The van der Waals surface area contributed by atoms with Crippen LogP contribution in [0.25, 0.3) is 10.9 Å². The third-order valence-corrected chi connectivity index (χ3v) is 4.49. The molecule has 0 bridgehead atoms. The van der Waals surface area contributed by atoms with Crippen LogP contribution in [-0.2, 0) is 0 Å². The van der Waals surface area contributed by atoms with Gasteiger partial charge in [-0.1, -0.05) is 24.3 Å². The molecule has 7 heteroatoms. The molecule has 0 radical (unpaired) electrons. The lowest BCUT2D eigenvalue weighted by atomic mass is 10.1. The summed E-state index contributed by atoms with van der Waals surface area (Å²) in [6.45, 7) is 3.70. The second-order valence-electron chi connectivity index (χ2n) is 7.01. The number of hydrogen-bond acceptors (Lipinski definition) is 6. The molecular weight excluding hydrogens is 388 g/mol. The van der Waals surface area contributed by atoms with Crippen molar-refractivity contribution in [3.05, 3.63) is 84.2 Å². The van der Waals surface area contributed by atoms with E-state index >= 15 is 0 Å². The first-order chi connectivity index (χ1) is 15.1. The minimum Gasteiger partial charge on any atom is -0.457 e. The van der Waals surface area contributed by atoms with Gasteiger partial charge in [-0.2, -0.15) is 5.10 Å². The maximum Gasteiger partial charge on any atom is 0.141 e. The number of anilines is 2. The van der Waals surface area contributed by atoms with Crippen LogP contribution in [0.3, 0.4) is 0 Å². The van der Waals surface area contributed by atoms with Gasteiger partial charge >= 0.3 is 0 Å². The molecule has 3 aromatic carbocycles. The summed E-state index contributed by atoms with van der Waals surface area (Å²) in [6.07, 6.45) is 3.19. The number of amidine groups is 1. The molecule has 1 aromatic heterocycles. The third kappa shape index (κ3) is 5.02. The molecule has 0 aliphatic rings. The van der Waals surface area contributed by atoms with Gasteiger partial charge in [0.05, 0.1) is 11.7 Å². The molecule has 0 amide bonds. The molecular formula is C24H22N6O. The Hall–Kier alpha value is -4.26. The molecule has 0 atom stereocenters. The molecule has 4 rings (SSSR count). The third-order valence-electron chi connectivity index (χ3n) is 4.49. The van der Waals surface area contributed by atoms with E-state index in [1.54, 1.807) is 19.5 Å². The van der Waals surface area contributed by atoms with Crippen molar-refractivity contribution in [3.63, 3.8) is 0 Å². The van der Waals surface area contributed by atoms with Crippen molar-refractivity contribution in [2.75, 3.05) is 5.32 Å². The molecule has 0 spiro atoms. The minimum absolute atomic E-state index is 0.401. The fourth-order valence-electron chi connectivity index (χ4n) is 3.03. The number of nitrogens with one attached hydrogen (secondary N) is 1. The SMILES string of the molecule is CC(N)=N/N=C/c1ccc2ncnc(Nc3ccc(Oc4ccccc4)c(C)c3)c2c1. The number of aromatic nitrogens is 2. The molecule has 0 saturated carbocycles. The van der Waals surface area contributed by atoms with Crippen molar-refractivity contribution in [1.82, 2.24) is 9.97 Å². The Morgan fingerprint density at radius 3 is 2.65 bits per heavy atom. The highest BCUT2D eigenvalue weighted by Gasteiger charge is 2.07. The summed E-state index contributed by atoms with van der Waals surface area (Å²) in [5.74, 6) is 2.71.